The van der Waals surface area contributed by atoms with Crippen molar-refractivity contribution in [1.82, 2.24) is 10.3 Å². The molecular formula is C12H17N3O. The van der Waals surface area contributed by atoms with E-state index in [9.17, 15) is 0 Å². The molecule has 1 rings (SSSR count). The molecule has 0 spiro atoms. The normalized spacial score (nSPS) is 12.1. The number of methoxy groups -OCH3 is 1. The van der Waals surface area contributed by atoms with Gasteiger partial charge < -0.3 is 10.1 Å². The van der Waals surface area contributed by atoms with Gasteiger partial charge in [-0.3, -0.25) is 0 Å². The number of pyridine rings is 1. The minimum Gasteiger partial charge on any atom is -0.384 e. The van der Waals surface area contributed by atoms with E-state index in [1.807, 2.05) is 12.1 Å². The van der Waals surface area contributed by atoms with Crippen molar-refractivity contribution < 1.29 is 4.74 Å². The first kappa shape index (κ1) is 12.6. The predicted octanol–water partition coefficient (Wildman–Crippen LogP) is 1.33. The maximum Gasteiger partial charge on any atom is 0.144 e. The Kier molecular flexibility index (Phi) is 5.48. The number of nitrogens with zero attached hydrogens (tertiary/aromatic N) is 2. The van der Waals surface area contributed by atoms with Gasteiger partial charge in [-0.05, 0) is 12.0 Å². The molecule has 0 aromatic carbocycles. The molecule has 1 aromatic heterocycles. The van der Waals surface area contributed by atoms with Gasteiger partial charge in [0, 0.05) is 38.6 Å². The number of nitriles is 1. The van der Waals surface area contributed by atoms with Gasteiger partial charge in [0.05, 0.1) is 0 Å². The molecule has 1 heterocycles. The van der Waals surface area contributed by atoms with Gasteiger partial charge in [-0.15, -0.1) is 0 Å². The number of hydrogen-bond donors (Lipinski definition) is 1. The SMILES string of the molecule is COCC(C)CNCc1cccnc1C#N. The Bertz CT molecular complexity index is 360. The van der Waals surface area contributed by atoms with E-state index in [0.717, 1.165) is 18.7 Å². The zero-order valence-corrected chi connectivity index (χ0v) is 9.73. The van der Waals surface area contributed by atoms with Crippen LogP contribution in [0.3, 0.4) is 0 Å². The highest BCUT2D eigenvalue weighted by Gasteiger charge is 2.03. The number of hydrogen-bond acceptors (Lipinski definition) is 4. The van der Waals surface area contributed by atoms with Crippen LogP contribution in [0.5, 0.6) is 0 Å². The van der Waals surface area contributed by atoms with E-state index in [0.29, 0.717) is 18.2 Å². The molecule has 0 radical (unpaired) electrons. The monoisotopic (exact) mass is 219 g/mol. The van der Waals surface area contributed by atoms with Crippen LogP contribution in [0.4, 0.5) is 0 Å². The standard InChI is InChI=1S/C12H17N3O/c1-10(9-16-2)7-14-8-11-4-3-5-15-12(11)6-13/h3-5,10,14H,7-9H2,1-2H3. The lowest BCUT2D eigenvalue weighted by atomic mass is 10.1. The van der Waals surface area contributed by atoms with E-state index in [1.54, 1.807) is 13.3 Å². The Morgan fingerprint density at radius 3 is 3.12 bits per heavy atom. The van der Waals surface area contributed by atoms with Gasteiger partial charge in [-0.25, -0.2) is 4.98 Å². The van der Waals surface area contributed by atoms with Crippen molar-refractivity contribution >= 4 is 0 Å². The van der Waals surface area contributed by atoms with Crippen molar-refractivity contribution in [2.75, 3.05) is 20.3 Å². The Labute approximate surface area is 96.3 Å². The fourth-order valence-corrected chi connectivity index (χ4v) is 1.48. The molecule has 0 amide bonds. The number of ether oxygens (including phenoxy) is 1. The topological polar surface area (TPSA) is 57.9 Å². The lowest BCUT2D eigenvalue weighted by molar-refractivity contribution is 0.158. The smallest absolute Gasteiger partial charge is 0.144 e. The molecule has 4 nitrogen and oxygen atoms in total. The second kappa shape index (κ2) is 6.94. The van der Waals surface area contributed by atoms with E-state index in [-0.39, 0.29) is 0 Å². The zero-order valence-electron chi connectivity index (χ0n) is 9.73. The summed E-state index contributed by atoms with van der Waals surface area (Å²) in [7, 11) is 1.70. The quantitative estimate of drug-likeness (QED) is 0.784. The van der Waals surface area contributed by atoms with Crippen molar-refractivity contribution in [3.63, 3.8) is 0 Å². The summed E-state index contributed by atoms with van der Waals surface area (Å²) in [5, 5.41) is 12.1. The molecule has 16 heavy (non-hydrogen) atoms. The first-order valence-electron chi connectivity index (χ1n) is 5.31. The van der Waals surface area contributed by atoms with Crippen LogP contribution in [-0.4, -0.2) is 25.2 Å². The highest BCUT2D eigenvalue weighted by atomic mass is 16.5. The van der Waals surface area contributed by atoms with E-state index >= 15 is 0 Å². The first-order valence-corrected chi connectivity index (χ1v) is 5.31. The van der Waals surface area contributed by atoms with Crippen molar-refractivity contribution in [2.45, 2.75) is 13.5 Å². The van der Waals surface area contributed by atoms with E-state index in [4.69, 9.17) is 10.00 Å². The van der Waals surface area contributed by atoms with Gasteiger partial charge in [0.25, 0.3) is 0 Å². The average Bonchev–Trinajstić information content (AvgIpc) is 2.30. The summed E-state index contributed by atoms with van der Waals surface area (Å²) in [4.78, 5) is 4.01. The van der Waals surface area contributed by atoms with Crippen LogP contribution in [0.1, 0.15) is 18.2 Å². The molecule has 0 saturated carbocycles. The molecule has 0 fully saturated rings. The van der Waals surface area contributed by atoms with Gasteiger partial charge in [0.1, 0.15) is 11.8 Å². The minimum atomic E-state index is 0.465. The molecule has 0 bridgehead atoms. The lowest BCUT2D eigenvalue weighted by Crippen LogP contribution is -2.23. The lowest BCUT2D eigenvalue weighted by Gasteiger charge is -2.11. The summed E-state index contributed by atoms with van der Waals surface area (Å²) in [5.74, 6) is 0.465. The van der Waals surface area contributed by atoms with E-state index < -0.39 is 0 Å². The molecule has 0 aliphatic carbocycles. The fraction of sp³-hybridized carbons (Fsp3) is 0.500. The van der Waals surface area contributed by atoms with Crippen molar-refractivity contribution in [1.29, 1.82) is 5.26 Å². The third kappa shape index (κ3) is 3.97. The molecule has 1 unspecified atom stereocenters. The van der Waals surface area contributed by atoms with Gasteiger partial charge in [0.2, 0.25) is 0 Å². The second-order valence-electron chi connectivity index (χ2n) is 3.81. The Morgan fingerprint density at radius 1 is 1.62 bits per heavy atom. The maximum absolute atomic E-state index is 8.85. The third-order valence-corrected chi connectivity index (χ3v) is 2.26. The van der Waals surface area contributed by atoms with Crippen LogP contribution in [0.25, 0.3) is 0 Å². The zero-order chi connectivity index (χ0) is 11.8. The fourth-order valence-electron chi connectivity index (χ4n) is 1.48. The summed E-state index contributed by atoms with van der Waals surface area (Å²) in [5.41, 5.74) is 1.43. The number of rotatable bonds is 6. The van der Waals surface area contributed by atoms with Crippen LogP contribution in [0, 0.1) is 17.2 Å². The van der Waals surface area contributed by atoms with Gasteiger partial charge in [-0.2, -0.15) is 5.26 Å². The molecule has 0 aliphatic heterocycles. The van der Waals surface area contributed by atoms with Crippen LogP contribution in [-0.2, 0) is 11.3 Å². The summed E-state index contributed by atoms with van der Waals surface area (Å²) in [6, 6.07) is 5.84. The Morgan fingerprint density at radius 2 is 2.44 bits per heavy atom. The molecule has 0 aliphatic rings. The molecule has 1 aromatic rings. The van der Waals surface area contributed by atoms with Crippen LogP contribution in [0.2, 0.25) is 0 Å². The summed E-state index contributed by atoms with van der Waals surface area (Å²) >= 11 is 0. The van der Waals surface area contributed by atoms with Crippen LogP contribution < -0.4 is 5.32 Å². The summed E-state index contributed by atoms with van der Waals surface area (Å²) < 4.78 is 5.05. The van der Waals surface area contributed by atoms with Gasteiger partial charge in [0.15, 0.2) is 0 Å². The minimum absolute atomic E-state index is 0.465. The molecule has 1 N–H and O–H groups in total. The maximum atomic E-state index is 8.85. The molecule has 4 heteroatoms. The second-order valence-corrected chi connectivity index (χ2v) is 3.81. The number of nitrogens with one attached hydrogen (secondary N) is 1. The van der Waals surface area contributed by atoms with Gasteiger partial charge >= 0.3 is 0 Å². The van der Waals surface area contributed by atoms with Crippen molar-refractivity contribution in [3.8, 4) is 6.07 Å². The Balaban J connectivity index is 2.40. The Hall–Kier alpha value is -1.44. The third-order valence-electron chi connectivity index (χ3n) is 2.26. The molecule has 0 saturated heterocycles. The van der Waals surface area contributed by atoms with Crippen molar-refractivity contribution in [3.05, 3.63) is 29.6 Å². The molecule has 86 valence electrons. The van der Waals surface area contributed by atoms with E-state index in [2.05, 4.69) is 23.3 Å². The predicted molar refractivity (Wildman–Crippen MR) is 61.7 cm³/mol. The van der Waals surface area contributed by atoms with Gasteiger partial charge in [-0.1, -0.05) is 13.0 Å². The highest BCUT2D eigenvalue weighted by Crippen LogP contribution is 2.03. The largest absolute Gasteiger partial charge is 0.384 e. The average molecular weight is 219 g/mol. The highest BCUT2D eigenvalue weighted by molar-refractivity contribution is 5.30. The number of aromatic nitrogens is 1. The summed E-state index contributed by atoms with van der Waals surface area (Å²) in [6.07, 6.45) is 1.63. The van der Waals surface area contributed by atoms with Crippen molar-refractivity contribution in [2.24, 2.45) is 5.92 Å². The summed E-state index contributed by atoms with van der Waals surface area (Å²) in [6.45, 7) is 4.40. The van der Waals surface area contributed by atoms with Crippen LogP contribution in [0.15, 0.2) is 18.3 Å². The molecule has 1 atom stereocenters. The van der Waals surface area contributed by atoms with Crippen LogP contribution >= 0.6 is 0 Å². The molecular weight excluding hydrogens is 202 g/mol. The first-order chi connectivity index (χ1) is 7.77. The van der Waals surface area contributed by atoms with E-state index in [1.165, 1.54) is 0 Å².